The highest BCUT2D eigenvalue weighted by molar-refractivity contribution is 6.02. The lowest BCUT2D eigenvalue weighted by Gasteiger charge is -2.10. The molecule has 0 spiro atoms. The molecule has 4 rings (SSSR count). The molecule has 0 aliphatic rings. The fourth-order valence-electron chi connectivity index (χ4n) is 3.53. The topological polar surface area (TPSA) is 105 Å². The Morgan fingerprint density at radius 3 is 2.31 bits per heavy atom. The minimum atomic E-state index is -0.781. The minimum Gasteiger partial charge on any atom is -0.491 e. The van der Waals surface area contributed by atoms with Gasteiger partial charge in [-0.3, -0.25) is 9.36 Å². The third-order valence-corrected chi connectivity index (χ3v) is 4.89. The lowest BCUT2D eigenvalue weighted by atomic mass is 10.2. The van der Waals surface area contributed by atoms with E-state index in [1.54, 1.807) is 31.2 Å². The lowest BCUT2D eigenvalue weighted by Crippen LogP contribution is -2.23. The molecular formula is C23H22FN5O3. The Labute approximate surface area is 183 Å². The largest absolute Gasteiger partial charge is 0.491 e. The monoisotopic (exact) mass is 435 g/mol. The first-order valence-electron chi connectivity index (χ1n) is 10.2. The van der Waals surface area contributed by atoms with Gasteiger partial charge >= 0.3 is 5.69 Å². The van der Waals surface area contributed by atoms with Crippen LogP contribution in [0.3, 0.4) is 0 Å². The van der Waals surface area contributed by atoms with Crippen LogP contribution in [0.4, 0.5) is 4.39 Å². The third kappa shape index (κ3) is 3.73. The molecule has 0 saturated heterocycles. The molecular weight excluding hydrogens is 413 g/mol. The number of hydrogen-bond donors (Lipinski definition) is 1. The Morgan fingerprint density at radius 2 is 1.75 bits per heavy atom. The summed E-state index contributed by atoms with van der Waals surface area (Å²) in [5, 5.41) is 0. The number of primary amides is 1. The molecule has 2 N–H and O–H groups in total. The van der Waals surface area contributed by atoms with Gasteiger partial charge in [0.05, 0.1) is 11.8 Å². The van der Waals surface area contributed by atoms with Crippen LogP contribution >= 0.6 is 0 Å². The SMILES string of the molecule is CCn1c(=O)n(-c2ccc(F)cc2)c2nc(-c3ccc(OC(C)C)cc3)nc(C(N)=O)c21. The molecule has 2 aromatic carbocycles. The van der Waals surface area contributed by atoms with Crippen LogP contribution in [0.1, 0.15) is 31.3 Å². The van der Waals surface area contributed by atoms with Crippen molar-refractivity contribution in [2.45, 2.75) is 33.4 Å². The van der Waals surface area contributed by atoms with E-state index in [0.717, 1.165) is 0 Å². The minimum absolute atomic E-state index is 0.0221. The summed E-state index contributed by atoms with van der Waals surface area (Å²) in [5.74, 6) is -0.304. The lowest BCUT2D eigenvalue weighted by molar-refractivity contribution is 0.0997. The van der Waals surface area contributed by atoms with E-state index in [2.05, 4.69) is 9.97 Å². The van der Waals surface area contributed by atoms with Crippen molar-refractivity contribution in [3.05, 3.63) is 70.5 Å². The molecule has 0 aliphatic heterocycles. The molecule has 0 saturated carbocycles. The average Bonchev–Trinajstić information content (AvgIpc) is 3.04. The summed E-state index contributed by atoms with van der Waals surface area (Å²) in [7, 11) is 0. The van der Waals surface area contributed by atoms with Gasteiger partial charge in [0.15, 0.2) is 17.2 Å². The maximum atomic E-state index is 13.5. The summed E-state index contributed by atoms with van der Waals surface area (Å²) in [6, 6.07) is 12.5. The Bertz CT molecular complexity index is 1360. The molecule has 2 aromatic heterocycles. The van der Waals surface area contributed by atoms with Gasteiger partial charge in [-0.2, -0.15) is 0 Å². The Balaban J connectivity index is 1.99. The van der Waals surface area contributed by atoms with Crippen LogP contribution in [0.25, 0.3) is 28.2 Å². The van der Waals surface area contributed by atoms with E-state index in [1.165, 1.54) is 33.4 Å². The number of hydrogen-bond acceptors (Lipinski definition) is 5. The number of aryl methyl sites for hydroxylation is 1. The number of aromatic nitrogens is 4. The second-order valence-electron chi connectivity index (χ2n) is 7.46. The van der Waals surface area contributed by atoms with Gasteiger partial charge in [0, 0.05) is 12.1 Å². The van der Waals surface area contributed by atoms with E-state index in [9.17, 15) is 14.0 Å². The molecule has 0 radical (unpaired) electrons. The van der Waals surface area contributed by atoms with Gasteiger partial charge in [0.25, 0.3) is 5.91 Å². The fourth-order valence-corrected chi connectivity index (χ4v) is 3.53. The van der Waals surface area contributed by atoms with Crippen LogP contribution in [0.5, 0.6) is 5.75 Å². The van der Waals surface area contributed by atoms with Crippen molar-refractivity contribution in [3.8, 4) is 22.8 Å². The van der Waals surface area contributed by atoms with E-state index in [1.807, 2.05) is 13.8 Å². The summed E-state index contributed by atoms with van der Waals surface area (Å²) in [6.45, 7) is 5.89. The molecule has 0 aliphatic carbocycles. The summed E-state index contributed by atoms with van der Waals surface area (Å²) >= 11 is 0. The first kappa shape index (κ1) is 21.2. The zero-order valence-corrected chi connectivity index (χ0v) is 17.9. The van der Waals surface area contributed by atoms with Gasteiger partial charge in [-0.25, -0.2) is 23.7 Å². The summed E-state index contributed by atoms with van der Waals surface area (Å²) in [4.78, 5) is 34.4. The van der Waals surface area contributed by atoms with Gasteiger partial charge in [-0.05, 0) is 69.3 Å². The summed E-state index contributed by atoms with van der Waals surface area (Å²) < 4.78 is 21.8. The van der Waals surface area contributed by atoms with Crippen molar-refractivity contribution in [2.75, 3.05) is 0 Å². The summed E-state index contributed by atoms with van der Waals surface area (Å²) in [6.07, 6.45) is 0.0221. The maximum Gasteiger partial charge on any atom is 0.335 e. The number of amides is 1. The van der Waals surface area contributed by atoms with Gasteiger partial charge in [0.2, 0.25) is 0 Å². The average molecular weight is 435 g/mol. The standard InChI is InChI=1S/C23H22FN5O3/c1-4-28-19-18(20(25)30)26-21(14-5-11-17(12-6-14)32-13(2)3)27-22(19)29(23(28)31)16-9-7-15(24)8-10-16/h5-13H,4H2,1-3H3,(H2,25,30). The predicted octanol–water partition coefficient (Wildman–Crippen LogP) is 3.29. The predicted molar refractivity (Wildman–Crippen MR) is 118 cm³/mol. The number of ether oxygens (including phenoxy) is 1. The number of benzene rings is 2. The van der Waals surface area contributed by atoms with Gasteiger partial charge in [-0.1, -0.05) is 0 Å². The molecule has 0 atom stereocenters. The number of rotatable bonds is 6. The molecule has 9 heteroatoms. The third-order valence-electron chi connectivity index (χ3n) is 4.89. The van der Waals surface area contributed by atoms with Gasteiger partial charge in [-0.15, -0.1) is 0 Å². The molecule has 4 aromatic rings. The first-order chi connectivity index (χ1) is 15.3. The van der Waals surface area contributed by atoms with Crippen LogP contribution in [0.15, 0.2) is 53.3 Å². The number of carbonyl (C=O) groups is 1. The molecule has 0 unspecified atom stereocenters. The van der Waals surface area contributed by atoms with Crippen LogP contribution < -0.4 is 16.2 Å². The highest BCUT2D eigenvalue weighted by Gasteiger charge is 2.23. The van der Waals surface area contributed by atoms with Crippen LogP contribution in [-0.4, -0.2) is 31.1 Å². The second-order valence-corrected chi connectivity index (χ2v) is 7.46. The smallest absolute Gasteiger partial charge is 0.335 e. The van der Waals surface area contributed by atoms with Crippen molar-refractivity contribution in [1.82, 2.24) is 19.1 Å². The van der Waals surface area contributed by atoms with Crippen LogP contribution in [0, 0.1) is 5.82 Å². The Morgan fingerprint density at radius 1 is 1.09 bits per heavy atom. The van der Waals surface area contributed by atoms with Crippen molar-refractivity contribution in [1.29, 1.82) is 0 Å². The molecule has 1 amide bonds. The number of fused-ring (bicyclic) bond motifs is 1. The van der Waals surface area contributed by atoms with Gasteiger partial charge in [0.1, 0.15) is 17.1 Å². The molecule has 2 heterocycles. The van der Waals surface area contributed by atoms with E-state index in [0.29, 0.717) is 17.0 Å². The zero-order valence-electron chi connectivity index (χ0n) is 17.9. The van der Waals surface area contributed by atoms with Crippen molar-refractivity contribution in [2.24, 2.45) is 5.73 Å². The van der Waals surface area contributed by atoms with Crippen LogP contribution in [-0.2, 0) is 6.54 Å². The van der Waals surface area contributed by atoms with Gasteiger partial charge < -0.3 is 10.5 Å². The molecule has 164 valence electrons. The molecule has 0 bridgehead atoms. The van der Waals surface area contributed by atoms with E-state index < -0.39 is 17.4 Å². The zero-order chi connectivity index (χ0) is 23.0. The number of nitrogens with zero attached hydrogens (tertiary/aromatic N) is 4. The number of nitrogens with two attached hydrogens (primary N) is 1. The van der Waals surface area contributed by atoms with Crippen LogP contribution in [0.2, 0.25) is 0 Å². The number of halogens is 1. The normalized spacial score (nSPS) is 11.3. The quantitative estimate of drug-likeness (QED) is 0.500. The maximum absolute atomic E-state index is 13.5. The number of carbonyl (C=O) groups excluding carboxylic acids is 1. The highest BCUT2D eigenvalue weighted by Crippen LogP contribution is 2.25. The van der Waals surface area contributed by atoms with Crippen molar-refractivity contribution < 1.29 is 13.9 Å². The fraction of sp³-hybridized carbons (Fsp3) is 0.217. The molecule has 0 fully saturated rings. The Kier molecular flexibility index (Phi) is 5.48. The first-order valence-corrected chi connectivity index (χ1v) is 10.2. The highest BCUT2D eigenvalue weighted by atomic mass is 19.1. The second kappa shape index (κ2) is 8.26. The number of imidazole rings is 1. The van der Waals surface area contributed by atoms with Crippen molar-refractivity contribution >= 4 is 17.1 Å². The molecule has 8 nitrogen and oxygen atoms in total. The van der Waals surface area contributed by atoms with E-state index in [-0.39, 0.29) is 35.3 Å². The Hall–Kier alpha value is -4.01. The van der Waals surface area contributed by atoms with Crippen molar-refractivity contribution in [3.63, 3.8) is 0 Å². The van der Waals surface area contributed by atoms with E-state index >= 15 is 0 Å². The summed E-state index contributed by atoms with van der Waals surface area (Å²) in [5.41, 5.74) is 6.61. The molecule has 32 heavy (non-hydrogen) atoms. The van der Waals surface area contributed by atoms with E-state index in [4.69, 9.17) is 10.5 Å².